The predicted molar refractivity (Wildman–Crippen MR) is 149 cm³/mol. The van der Waals surface area contributed by atoms with Crippen LogP contribution in [0.2, 0.25) is 18.1 Å². The van der Waals surface area contributed by atoms with E-state index in [9.17, 15) is 9.59 Å². The standard InChI is InChI=1S/C31H46O5Si/c1-31(2,3)37(5,6)36-29-19-23-18-26-22(13-10-14-28(26)35-20-30(33)34-4)17-25(23)24(29)15-16-27(32)21-11-8-7-9-12-21/h10,13-16,21,23-25,29H,7-9,11-12,17-20H2,1-6H3/b16-15+/t23-,24+,25-,29+/m0/s1. The average Bonchev–Trinajstić information content (AvgIpc) is 3.19. The highest BCUT2D eigenvalue weighted by atomic mass is 28.4. The number of methoxy groups -OCH3 is 1. The number of allylic oxidation sites excluding steroid dienone is 1. The molecule has 2 saturated carbocycles. The lowest BCUT2D eigenvalue weighted by atomic mass is 9.74. The summed E-state index contributed by atoms with van der Waals surface area (Å²) in [5.41, 5.74) is 2.50. The second-order valence-electron chi connectivity index (χ2n) is 12.9. The van der Waals surface area contributed by atoms with Gasteiger partial charge in [0.05, 0.1) is 13.2 Å². The van der Waals surface area contributed by atoms with Crippen LogP contribution in [-0.4, -0.2) is 39.9 Å². The molecule has 0 N–H and O–H groups in total. The van der Waals surface area contributed by atoms with E-state index in [-0.39, 0.29) is 35.6 Å². The molecule has 4 rings (SSSR count). The number of rotatable bonds is 8. The Balaban J connectivity index is 1.58. The molecular formula is C31H46O5Si. The van der Waals surface area contributed by atoms with E-state index in [0.717, 1.165) is 37.9 Å². The molecular weight excluding hydrogens is 480 g/mol. The summed E-state index contributed by atoms with van der Waals surface area (Å²) in [6, 6.07) is 6.16. The minimum Gasteiger partial charge on any atom is -0.482 e. The number of carbonyl (C=O) groups is 2. The van der Waals surface area contributed by atoms with E-state index in [1.165, 1.54) is 37.5 Å². The van der Waals surface area contributed by atoms with E-state index < -0.39 is 8.32 Å². The van der Waals surface area contributed by atoms with Crippen LogP contribution < -0.4 is 4.74 Å². The van der Waals surface area contributed by atoms with Crippen LogP contribution in [0.15, 0.2) is 30.4 Å². The summed E-state index contributed by atoms with van der Waals surface area (Å²) >= 11 is 0. The zero-order valence-corrected chi connectivity index (χ0v) is 24.7. The van der Waals surface area contributed by atoms with Crippen molar-refractivity contribution in [3.8, 4) is 5.75 Å². The van der Waals surface area contributed by atoms with Crippen LogP contribution in [0, 0.1) is 23.7 Å². The van der Waals surface area contributed by atoms with Gasteiger partial charge in [-0.05, 0) is 85.3 Å². The number of ketones is 1. The minimum atomic E-state index is -1.98. The van der Waals surface area contributed by atoms with Crippen LogP contribution in [0.3, 0.4) is 0 Å². The lowest BCUT2D eigenvalue weighted by molar-refractivity contribution is -0.142. The van der Waals surface area contributed by atoms with Gasteiger partial charge in [0, 0.05) is 11.8 Å². The second-order valence-corrected chi connectivity index (χ2v) is 17.7. The Hall–Kier alpha value is -1.92. The minimum absolute atomic E-state index is 0.0766. The third-order valence-corrected chi connectivity index (χ3v) is 14.0. The zero-order valence-electron chi connectivity index (χ0n) is 23.7. The first kappa shape index (κ1) is 28.1. The molecule has 0 radical (unpaired) electrons. The molecule has 0 aromatic heterocycles. The predicted octanol–water partition coefficient (Wildman–Crippen LogP) is 6.69. The second kappa shape index (κ2) is 11.4. The van der Waals surface area contributed by atoms with Gasteiger partial charge >= 0.3 is 5.97 Å². The third-order valence-electron chi connectivity index (χ3n) is 9.53. The summed E-state index contributed by atoms with van der Waals surface area (Å²) < 4.78 is 17.7. The Kier molecular flexibility index (Phi) is 8.69. The van der Waals surface area contributed by atoms with E-state index >= 15 is 0 Å². The van der Waals surface area contributed by atoms with Crippen molar-refractivity contribution in [2.45, 2.75) is 96.4 Å². The molecule has 3 aliphatic carbocycles. The number of hydrogen-bond donors (Lipinski definition) is 0. The molecule has 0 spiro atoms. The summed E-state index contributed by atoms with van der Waals surface area (Å²) in [5.74, 6) is 2.06. The van der Waals surface area contributed by atoms with Crippen LogP contribution in [0.4, 0.5) is 0 Å². The SMILES string of the molecule is COC(=O)COc1cccc2c1C[C@H]1C[C@@H](O[Si](C)(C)C(C)(C)C)[C@H](/C=C/C(=O)C3CCCCC3)[C@H]1C2. The Bertz CT molecular complexity index is 1000. The van der Waals surface area contributed by atoms with Crippen molar-refractivity contribution in [2.24, 2.45) is 23.7 Å². The maximum absolute atomic E-state index is 13.1. The van der Waals surface area contributed by atoms with Gasteiger partial charge < -0.3 is 13.9 Å². The topological polar surface area (TPSA) is 61.8 Å². The number of fused-ring (bicyclic) bond motifs is 2. The lowest BCUT2D eigenvalue weighted by Gasteiger charge is -2.40. The number of benzene rings is 1. The van der Waals surface area contributed by atoms with Gasteiger partial charge in [0.15, 0.2) is 20.7 Å². The van der Waals surface area contributed by atoms with Crippen LogP contribution in [0.5, 0.6) is 5.75 Å². The van der Waals surface area contributed by atoms with Crippen molar-refractivity contribution >= 4 is 20.1 Å². The van der Waals surface area contributed by atoms with Crippen molar-refractivity contribution in [1.82, 2.24) is 0 Å². The molecule has 4 atom stereocenters. The van der Waals surface area contributed by atoms with E-state index in [4.69, 9.17) is 13.9 Å². The van der Waals surface area contributed by atoms with Gasteiger partial charge in [0.1, 0.15) is 5.75 Å². The van der Waals surface area contributed by atoms with E-state index in [1.807, 2.05) is 18.2 Å². The largest absolute Gasteiger partial charge is 0.482 e. The van der Waals surface area contributed by atoms with E-state index in [2.05, 4.69) is 46.0 Å². The molecule has 0 aliphatic heterocycles. The zero-order chi connectivity index (χ0) is 26.8. The van der Waals surface area contributed by atoms with Gasteiger partial charge in [-0.3, -0.25) is 4.79 Å². The Labute approximate surface area is 224 Å². The average molecular weight is 527 g/mol. The van der Waals surface area contributed by atoms with Crippen LogP contribution in [0.1, 0.15) is 70.4 Å². The fourth-order valence-corrected chi connectivity index (χ4v) is 7.68. The molecule has 0 saturated heterocycles. The van der Waals surface area contributed by atoms with Gasteiger partial charge in [-0.15, -0.1) is 0 Å². The number of ether oxygens (including phenoxy) is 2. The van der Waals surface area contributed by atoms with Gasteiger partial charge in [0.2, 0.25) is 0 Å². The fourth-order valence-electron chi connectivity index (χ4n) is 6.32. The van der Waals surface area contributed by atoms with Crippen molar-refractivity contribution < 1.29 is 23.5 Å². The molecule has 1 aromatic rings. The van der Waals surface area contributed by atoms with Gasteiger partial charge in [-0.2, -0.15) is 0 Å². The number of hydrogen-bond acceptors (Lipinski definition) is 5. The van der Waals surface area contributed by atoms with Crippen molar-refractivity contribution in [2.75, 3.05) is 13.7 Å². The quantitative estimate of drug-likeness (QED) is 0.215. The normalized spacial score (nSPS) is 26.5. The molecule has 37 heavy (non-hydrogen) atoms. The van der Waals surface area contributed by atoms with E-state index in [1.54, 1.807) is 0 Å². The molecule has 0 amide bonds. The summed E-state index contributed by atoms with van der Waals surface area (Å²) in [6.45, 7) is 11.5. The van der Waals surface area contributed by atoms with Gasteiger partial charge in [-0.1, -0.05) is 58.2 Å². The van der Waals surface area contributed by atoms with Gasteiger partial charge in [-0.25, -0.2) is 4.79 Å². The summed E-state index contributed by atoms with van der Waals surface area (Å²) in [4.78, 5) is 24.8. The molecule has 0 bridgehead atoms. The summed E-state index contributed by atoms with van der Waals surface area (Å²) in [5, 5.41) is 0.130. The number of carbonyl (C=O) groups excluding carboxylic acids is 2. The highest BCUT2D eigenvalue weighted by Crippen LogP contribution is 2.50. The molecule has 2 fully saturated rings. The highest BCUT2D eigenvalue weighted by molar-refractivity contribution is 6.74. The Morgan fingerprint density at radius 1 is 1.08 bits per heavy atom. The molecule has 1 aromatic carbocycles. The first-order valence-electron chi connectivity index (χ1n) is 14.2. The maximum Gasteiger partial charge on any atom is 0.343 e. The van der Waals surface area contributed by atoms with Crippen LogP contribution >= 0.6 is 0 Å². The lowest BCUT2D eigenvalue weighted by Crippen LogP contribution is -2.45. The first-order valence-corrected chi connectivity index (χ1v) is 17.1. The summed E-state index contributed by atoms with van der Waals surface area (Å²) in [7, 11) is -0.600. The smallest absolute Gasteiger partial charge is 0.343 e. The number of esters is 1. The third kappa shape index (κ3) is 6.39. The molecule has 204 valence electrons. The monoisotopic (exact) mass is 526 g/mol. The van der Waals surface area contributed by atoms with Gasteiger partial charge in [0.25, 0.3) is 0 Å². The van der Waals surface area contributed by atoms with Crippen molar-refractivity contribution in [1.29, 1.82) is 0 Å². The van der Waals surface area contributed by atoms with Crippen molar-refractivity contribution in [3.63, 3.8) is 0 Å². The van der Waals surface area contributed by atoms with Crippen LogP contribution in [0.25, 0.3) is 0 Å². The molecule has 3 aliphatic rings. The first-order chi connectivity index (χ1) is 17.5. The highest BCUT2D eigenvalue weighted by Gasteiger charge is 2.49. The Morgan fingerprint density at radius 3 is 2.49 bits per heavy atom. The summed E-state index contributed by atoms with van der Waals surface area (Å²) in [6.07, 6.45) is 12.8. The molecule has 6 heteroatoms. The molecule has 0 unspecified atom stereocenters. The maximum atomic E-state index is 13.1. The fraction of sp³-hybridized carbons (Fsp3) is 0.677. The van der Waals surface area contributed by atoms with E-state index in [0.29, 0.717) is 17.6 Å². The molecule has 0 heterocycles. The van der Waals surface area contributed by atoms with Crippen LogP contribution in [-0.2, 0) is 31.6 Å². The molecule has 5 nitrogen and oxygen atoms in total. The Morgan fingerprint density at radius 2 is 1.81 bits per heavy atom. The van der Waals surface area contributed by atoms with Crippen molar-refractivity contribution in [3.05, 3.63) is 41.5 Å².